The lowest BCUT2D eigenvalue weighted by Crippen LogP contribution is -1.92. The number of benzene rings is 1. The van der Waals surface area contributed by atoms with Crippen LogP contribution in [0.3, 0.4) is 0 Å². The first kappa shape index (κ1) is 8.88. The molecule has 0 spiro atoms. The van der Waals surface area contributed by atoms with Gasteiger partial charge in [0.2, 0.25) is 0 Å². The Balaban J connectivity index is 2.17. The summed E-state index contributed by atoms with van der Waals surface area (Å²) in [5.41, 5.74) is 1.14. The second kappa shape index (κ2) is 4.01. The Bertz CT molecular complexity index is 442. The van der Waals surface area contributed by atoms with Crippen LogP contribution in [0.1, 0.15) is 6.92 Å². The summed E-state index contributed by atoms with van der Waals surface area (Å²) >= 11 is 0. The summed E-state index contributed by atoms with van der Waals surface area (Å²) in [6.07, 6.45) is 5.90. The minimum atomic E-state index is 0.631. The number of fused-ring (bicyclic) bond motifs is 1. The van der Waals surface area contributed by atoms with Gasteiger partial charge >= 0.3 is 0 Å². The normalized spacial score (nSPS) is 11.2. The van der Waals surface area contributed by atoms with Crippen molar-refractivity contribution in [3.63, 3.8) is 0 Å². The van der Waals surface area contributed by atoms with Crippen LogP contribution >= 0.6 is 0 Å². The van der Waals surface area contributed by atoms with Gasteiger partial charge in [-0.1, -0.05) is 12.2 Å². The number of ether oxygens (including phenoxy) is 1. The topological polar surface area (TPSA) is 25.0 Å². The fourth-order valence-electron chi connectivity index (χ4n) is 1.36. The molecule has 0 saturated heterocycles. The van der Waals surface area contributed by atoms with Gasteiger partial charge < -0.3 is 9.72 Å². The number of nitrogens with one attached hydrogen (secondary N) is 1. The van der Waals surface area contributed by atoms with Gasteiger partial charge in [0.15, 0.2) is 0 Å². The molecule has 1 aromatic carbocycles. The van der Waals surface area contributed by atoms with Crippen LogP contribution in [-0.4, -0.2) is 11.6 Å². The van der Waals surface area contributed by atoms with Crippen molar-refractivity contribution in [1.29, 1.82) is 0 Å². The average molecular weight is 187 g/mol. The molecule has 2 nitrogen and oxygen atoms in total. The standard InChI is InChI=1S/C12H13NO/c1-2-3-8-14-11-4-5-12-10(9-11)6-7-13-12/h2-7,9,13H,8H2,1H3/b3-2+. The molecule has 0 radical (unpaired) electrons. The first-order chi connectivity index (χ1) is 6.90. The van der Waals surface area contributed by atoms with Crippen molar-refractivity contribution in [2.45, 2.75) is 6.92 Å². The summed E-state index contributed by atoms with van der Waals surface area (Å²) in [4.78, 5) is 3.14. The van der Waals surface area contributed by atoms with Gasteiger partial charge in [-0.25, -0.2) is 0 Å². The molecule has 0 aliphatic carbocycles. The van der Waals surface area contributed by atoms with Gasteiger partial charge in [-0.2, -0.15) is 0 Å². The van der Waals surface area contributed by atoms with Crippen molar-refractivity contribution in [2.75, 3.05) is 6.61 Å². The molecule has 72 valence electrons. The van der Waals surface area contributed by atoms with E-state index in [1.807, 2.05) is 49.5 Å². The van der Waals surface area contributed by atoms with Crippen molar-refractivity contribution >= 4 is 10.9 Å². The zero-order valence-corrected chi connectivity index (χ0v) is 8.16. The molecular weight excluding hydrogens is 174 g/mol. The second-order valence-corrected chi connectivity index (χ2v) is 3.11. The highest BCUT2D eigenvalue weighted by atomic mass is 16.5. The maximum absolute atomic E-state index is 5.52. The molecular formula is C12H13NO. The maximum Gasteiger partial charge on any atom is 0.120 e. The number of aromatic nitrogens is 1. The van der Waals surface area contributed by atoms with E-state index in [4.69, 9.17) is 4.74 Å². The fourth-order valence-corrected chi connectivity index (χ4v) is 1.36. The molecule has 14 heavy (non-hydrogen) atoms. The van der Waals surface area contributed by atoms with E-state index < -0.39 is 0 Å². The fraction of sp³-hybridized carbons (Fsp3) is 0.167. The third-order valence-corrected chi connectivity index (χ3v) is 2.11. The van der Waals surface area contributed by atoms with E-state index in [0.717, 1.165) is 11.3 Å². The van der Waals surface area contributed by atoms with Crippen molar-refractivity contribution in [3.05, 3.63) is 42.6 Å². The quantitative estimate of drug-likeness (QED) is 0.734. The number of H-pyrrole nitrogens is 1. The predicted molar refractivity (Wildman–Crippen MR) is 58.6 cm³/mol. The Morgan fingerprint density at radius 3 is 3.14 bits per heavy atom. The number of hydrogen-bond acceptors (Lipinski definition) is 1. The summed E-state index contributed by atoms with van der Waals surface area (Å²) in [5, 5.41) is 1.18. The minimum Gasteiger partial charge on any atom is -0.490 e. The molecule has 2 aromatic rings. The van der Waals surface area contributed by atoms with Gasteiger partial charge in [0, 0.05) is 17.1 Å². The SMILES string of the molecule is C/C=C/COc1ccc2[nH]ccc2c1. The van der Waals surface area contributed by atoms with Crippen molar-refractivity contribution in [2.24, 2.45) is 0 Å². The van der Waals surface area contributed by atoms with Crippen LogP contribution in [-0.2, 0) is 0 Å². The molecule has 0 aliphatic heterocycles. The minimum absolute atomic E-state index is 0.631. The number of rotatable bonds is 3. The monoisotopic (exact) mass is 187 g/mol. The molecule has 0 fully saturated rings. The van der Waals surface area contributed by atoms with Gasteiger partial charge in [0.1, 0.15) is 12.4 Å². The second-order valence-electron chi connectivity index (χ2n) is 3.11. The molecule has 0 bridgehead atoms. The first-order valence-electron chi connectivity index (χ1n) is 4.71. The van der Waals surface area contributed by atoms with Gasteiger partial charge in [0.05, 0.1) is 0 Å². The van der Waals surface area contributed by atoms with Crippen LogP contribution in [0.4, 0.5) is 0 Å². The highest BCUT2D eigenvalue weighted by molar-refractivity contribution is 5.80. The lowest BCUT2D eigenvalue weighted by Gasteiger charge is -2.02. The number of hydrogen-bond donors (Lipinski definition) is 1. The lowest BCUT2D eigenvalue weighted by atomic mass is 10.2. The zero-order valence-electron chi connectivity index (χ0n) is 8.16. The van der Waals surface area contributed by atoms with Gasteiger partial charge in [0.25, 0.3) is 0 Å². The van der Waals surface area contributed by atoms with Crippen LogP contribution in [0.15, 0.2) is 42.6 Å². The molecule has 1 N–H and O–H groups in total. The van der Waals surface area contributed by atoms with Crippen molar-refractivity contribution in [1.82, 2.24) is 4.98 Å². The smallest absolute Gasteiger partial charge is 0.120 e. The lowest BCUT2D eigenvalue weighted by molar-refractivity contribution is 0.363. The van der Waals surface area contributed by atoms with Crippen molar-refractivity contribution < 1.29 is 4.74 Å². The van der Waals surface area contributed by atoms with E-state index in [9.17, 15) is 0 Å². The molecule has 2 heteroatoms. The van der Waals surface area contributed by atoms with E-state index in [0.29, 0.717) is 6.61 Å². The summed E-state index contributed by atoms with van der Waals surface area (Å²) in [5.74, 6) is 0.912. The van der Waals surface area contributed by atoms with E-state index in [1.165, 1.54) is 5.39 Å². The molecule has 0 amide bonds. The molecule has 0 saturated carbocycles. The Hall–Kier alpha value is -1.70. The highest BCUT2D eigenvalue weighted by Crippen LogP contribution is 2.19. The van der Waals surface area contributed by atoms with Crippen molar-refractivity contribution in [3.8, 4) is 5.75 Å². The Morgan fingerprint density at radius 2 is 2.29 bits per heavy atom. The molecule has 1 heterocycles. The maximum atomic E-state index is 5.52. The van der Waals surface area contributed by atoms with Gasteiger partial charge in [-0.3, -0.25) is 0 Å². The highest BCUT2D eigenvalue weighted by Gasteiger charge is 1.96. The zero-order chi connectivity index (χ0) is 9.80. The van der Waals surface area contributed by atoms with Crippen LogP contribution in [0.25, 0.3) is 10.9 Å². The molecule has 1 aromatic heterocycles. The van der Waals surface area contributed by atoms with E-state index in [2.05, 4.69) is 4.98 Å². The van der Waals surface area contributed by atoms with Gasteiger partial charge in [-0.05, 0) is 31.2 Å². The summed E-state index contributed by atoms with van der Waals surface area (Å²) in [7, 11) is 0. The number of aromatic amines is 1. The first-order valence-corrected chi connectivity index (χ1v) is 4.71. The third kappa shape index (κ3) is 1.79. The van der Waals surface area contributed by atoms with Crippen LogP contribution in [0, 0.1) is 0 Å². The van der Waals surface area contributed by atoms with Crippen LogP contribution in [0.5, 0.6) is 5.75 Å². The summed E-state index contributed by atoms with van der Waals surface area (Å²) < 4.78 is 5.52. The molecule has 0 atom stereocenters. The summed E-state index contributed by atoms with van der Waals surface area (Å²) in [6, 6.07) is 8.08. The summed E-state index contributed by atoms with van der Waals surface area (Å²) in [6.45, 7) is 2.62. The van der Waals surface area contributed by atoms with E-state index in [1.54, 1.807) is 0 Å². The predicted octanol–water partition coefficient (Wildman–Crippen LogP) is 3.12. The van der Waals surface area contributed by atoms with E-state index in [-0.39, 0.29) is 0 Å². The van der Waals surface area contributed by atoms with E-state index >= 15 is 0 Å². The Labute approximate surface area is 83.2 Å². The van der Waals surface area contributed by atoms with Gasteiger partial charge in [-0.15, -0.1) is 0 Å². The molecule has 2 rings (SSSR count). The van der Waals surface area contributed by atoms with Crippen LogP contribution < -0.4 is 4.74 Å². The number of allylic oxidation sites excluding steroid dienone is 1. The average Bonchev–Trinajstić information content (AvgIpc) is 2.65. The largest absolute Gasteiger partial charge is 0.490 e. The Kier molecular flexibility index (Phi) is 2.54. The van der Waals surface area contributed by atoms with Crippen LogP contribution in [0.2, 0.25) is 0 Å². The molecule has 0 unspecified atom stereocenters. The third-order valence-electron chi connectivity index (χ3n) is 2.11. The Morgan fingerprint density at radius 1 is 1.36 bits per heavy atom. The molecule has 0 aliphatic rings.